The van der Waals surface area contributed by atoms with Crippen molar-refractivity contribution in [3.05, 3.63) is 87.3 Å². The van der Waals surface area contributed by atoms with Gasteiger partial charge in [0.05, 0.1) is 17.2 Å². The summed E-state index contributed by atoms with van der Waals surface area (Å²) in [7, 11) is 1.47. The molecule has 3 heterocycles. The molecule has 2 aromatic carbocycles. The lowest BCUT2D eigenvalue weighted by molar-refractivity contribution is 0.0670. The van der Waals surface area contributed by atoms with Crippen LogP contribution in [-0.4, -0.2) is 48.4 Å². The van der Waals surface area contributed by atoms with E-state index in [0.29, 0.717) is 59.3 Å². The number of likely N-dealkylation sites (tertiary alicyclic amines) is 1. The van der Waals surface area contributed by atoms with Gasteiger partial charge in [-0.15, -0.1) is 0 Å². The van der Waals surface area contributed by atoms with Crippen molar-refractivity contribution < 1.29 is 18.7 Å². The summed E-state index contributed by atoms with van der Waals surface area (Å²) in [6, 6.07) is 12.7. The first kappa shape index (κ1) is 23.6. The monoisotopic (exact) mass is 513 g/mol. The van der Waals surface area contributed by atoms with Crippen LogP contribution in [0.4, 0.5) is 10.1 Å². The number of carbonyl (C=O) groups is 2. The quantitative estimate of drug-likeness (QED) is 0.472. The van der Waals surface area contributed by atoms with Gasteiger partial charge in [-0.2, -0.15) is 0 Å². The topological polar surface area (TPSA) is 62.7 Å². The molecule has 0 N–H and O–H groups in total. The molecule has 180 valence electrons. The summed E-state index contributed by atoms with van der Waals surface area (Å²) in [5.41, 5.74) is 1.81. The van der Waals surface area contributed by atoms with Gasteiger partial charge in [0, 0.05) is 42.5 Å². The van der Waals surface area contributed by atoms with Gasteiger partial charge >= 0.3 is 0 Å². The van der Waals surface area contributed by atoms with Gasteiger partial charge in [0.1, 0.15) is 11.4 Å². The van der Waals surface area contributed by atoms with Crippen molar-refractivity contribution in [1.82, 2.24) is 9.88 Å². The normalized spacial score (nSPS) is 16.3. The van der Waals surface area contributed by atoms with Gasteiger partial charge in [0.25, 0.3) is 11.8 Å². The number of carbonyl (C=O) groups excluding carboxylic acids is 2. The zero-order valence-electron chi connectivity index (χ0n) is 18.9. The average Bonchev–Trinajstić information content (AvgIpc) is 3.18. The minimum atomic E-state index is -0.461. The van der Waals surface area contributed by atoms with E-state index in [0.717, 1.165) is 5.56 Å². The molecule has 1 aromatic heterocycles. The van der Waals surface area contributed by atoms with Gasteiger partial charge in [-0.05, 0) is 66.9 Å². The largest absolute Gasteiger partial charge is 0.480 e. The van der Waals surface area contributed by atoms with E-state index < -0.39 is 5.41 Å². The zero-order valence-corrected chi connectivity index (χ0v) is 20.4. The fourth-order valence-electron chi connectivity index (χ4n) is 5.06. The Morgan fingerprint density at radius 2 is 1.80 bits per heavy atom. The molecule has 0 unspecified atom stereocenters. The van der Waals surface area contributed by atoms with Gasteiger partial charge < -0.3 is 14.5 Å². The number of ether oxygens (including phenoxy) is 1. The van der Waals surface area contributed by atoms with Crippen LogP contribution in [0.3, 0.4) is 0 Å². The summed E-state index contributed by atoms with van der Waals surface area (Å²) in [5, 5.41) is 0.714. The first-order valence-electron chi connectivity index (χ1n) is 11.2. The number of piperidine rings is 1. The van der Waals surface area contributed by atoms with Gasteiger partial charge in [-0.1, -0.05) is 23.2 Å². The number of rotatable bonds is 3. The van der Waals surface area contributed by atoms with Crippen LogP contribution in [0.15, 0.2) is 54.7 Å². The first-order chi connectivity index (χ1) is 16.8. The first-order valence-corrected chi connectivity index (χ1v) is 11.9. The third-order valence-corrected chi connectivity index (χ3v) is 7.63. The fraction of sp³-hybridized carbons (Fsp3) is 0.269. The van der Waals surface area contributed by atoms with Gasteiger partial charge in [-0.3, -0.25) is 9.59 Å². The minimum Gasteiger partial charge on any atom is -0.480 e. The number of fused-ring (bicyclic) bond motifs is 2. The van der Waals surface area contributed by atoms with Crippen molar-refractivity contribution in [3.8, 4) is 5.88 Å². The van der Waals surface area contributed by atoms with Crippen LogP contribution in [-0.2, 0) is 5.41 Å². The molecule has 1 spiro atoms. The van der Waals surface area contributed by atoms with Crippen LogP contribution in [0.5, 0.6) is 5.88 Å². The Labute approximate surface area is 212 Å². The van der Waals surface area contributed by atoms with E-state index >= 15 is 0 Å². The van der Waals surface area contributed by atoms with E-state index in [1.165, 1.54) is 19.2 Å². The maximum atomic E-state index is 14.3. The minimum absolute atomic E-state index is 0.135. The Balaban J connectivity index is 1.42. The molecule has 1 saturated heterocycles. The molecule has 5 rings (SSSR count). The maximum Gasteiger partial charge on any atom is 0.263 e. The summed E-state index contributed by atoms with van der Waals surface area (Å²) in [6.07, 6.45) is 2.74. The second-order valence-corrected chi connectivity index (χ2v) is 9.63. The van der Waals surface area contributed by atoms with Crippen molar-refractivity contribution in [1.29, 1.82) is 0 Å². The molecule has 0 radical (unpaired) electrons. The van der Waals surface area contributed by atoms with E-state index in [9.17, 15) is 14.0 Å². The Kier molecular flexibility index (Phi) is 6.15. The molecule has 2 aliphatic heterocycles. The second kappa shape index (κ2) is 9.13. The lowest BCUT2D eigenvalue weighted by Gasteiger charge is -2.40. The van der Waals surface area contributed by atoms with Crippen molar-refractivity contribution in [3.63, 3.8) is 0 Å². The highest BCUT2D eigenvalue weighted by Crippen LogP contribution is 2.48. The number of hydrogen-bond donors (Lipinski definition) is 0. The molecule has 35 heavy (non-hydrogen) atoms. The maximum absolute atomic E-state index is 14.3. The van der Waals surface area contributed by atoms with Crippen LogP contribution < -0.4 is 9.64 Å². The lowest BCUT2D eigenvalue weighted by Crippen LogP contribution is -2.47. The second-order valence-electron chi connectivity index (χ2n) is 8.81. The van der Waals surface area contributed by atoms with Crippen molar-refractivity contribution in [2.45, 2.75) is 18.3 Å². The summed E-state index contributed by atoms with van der Waals surface area (Å²) in [6.45, 7) is 1.32. The Bertz CT molecular complexity index is 1320. The Hall–Kier alpha value is -3.16. The van der Waals surface area contributed by atoms with Crippen LogP contribution in [0, 0.1) is 5.82 Å². The fourth-order valence-corrected chi connectivity index (χ4v) is 5.36. The molecule has 1 fully saturated rings. The number of nitrogens with zero attached hydrogens (tertiary/aromatic N) is 3. The number of anilines is 1. The smallest absolute Gasteiger partial charge is 0.263 e. The number of methoxy groups -OCH3 is 1. The molecular formula is C26H22Cl2FN3O3. The van der Waals surface area contributed by atoms with Crippen LogP contribution in [0.1, 0.15) is 39.1 Å². The predicted molar refractivity (Wildman–Crippen MR) is 132 cm³/mol. The zero-order chi connectivity index (χ0) is 24.7. The van der Waals surface area contributed by atoms with Crippen molar-refractivity contribution >= 4 is 40.7 Å². The number of aromatic nitrogens is 1. The third kappa shape index (κ3) is 4.13. The number of benzene rings is 2. The van der Waals surface area contributed by atoms with Gasteiger partial charge in [0.15, 0.2) is 0 Å². The third-order valence-electron chi connectivity index (χ3n) is 6.90. The van der Waals surface area contributed by atoms with Gasteiger partial charge in [0.2, 0.25) is 5.88 Å². The van der Waals surface area contributed by atoms with Crippen LogP contribution in [0.25, 0.3) is 0 Å². The summed E-state index contributed by atoms with van der Waals surface area (Å²) in [5.74, 6) is -0.507. The Morgan fingerprint density at radius 3 is 2.51 bits per heavy atom. The van der Waals surface area contributed by atoms with E-state index in [-0.39, 0.29) is 23.5 Å². The summed E-state index contributed by atoms with van der Waals surface area (Å²) >= 11 is 12.1. The SMILES string of the molecule is COc1ncccc1C(=O)N1CC2(CCN(C(=O)c3ccc(Cl)c(Cl)c3)CC2)c2cc(F)ccc21. The summed E-state index contributed by atoms with van der Waals surface area (Å²) in [4.78, 5) is 34.2. The van der Waals surface area contributed by atoms with E-state index in [1.54, 1.807) is 52.4 Å². The van der Waals surface area contributed by atoms with E-state index in [1.807, 2.05) is 0 Å². The highest BCUT2D eigenvalue weighted by molar-refractivity contribution is 6.42. The van der Waals surface area contributed by atoms with Gasteiger partial charge in [-0.25, -0.2) is 9.37 Å². The molecule has 3 aromatic rings. The molecule has 9 heteroatoms. The molecule has 0 bridgehead atoms. The van der Waals surface area contributed by atoms with Crippen molar-refractivity contribution in [2.24, 2.45) is 0 Å². The number of amides is 2. The molecule has 2 aliphatic rings. The molecule has 2 amide bonds. The summed E-state index contributed by atoms with van der Waals surface area (Å²) < 4.78 is 19.6. The predicted octanol–water partition coefficient (Wildman–Crippen LogP) is 5.37. The highest BCUT2D eigenvalue weighted by atomic mass is 35.5. The molecule has 0 aliphatic carbocycles. The number of pyridine rings is 1. The highest BCUT2D eigenvalue weighted by Gasteiger charge is 2.47. The number of halogens is 3. The Morgan fingerprint density at radius 1 is 1.03 bits per heavy atom. The standard InChI is InChI=1S/C26H22Cl2FN3O3/c1-35-23-18(3-2-10-30-23)25(34)32-15-26(19-14-17(29)5-7-22(19)32)8-11-31(12-9-26)24(33)16-4-6-20(27)21(28)13-16/h2-7,10,13-14H,8-9,11-12,15H2,1H3. The molecular weight excluding hydrogens is 492 g/mol. The lowest BCUT2D eigenvalue weighted by atomic mass is 9.74. The van der Waals surface area contributed by atoms with Crippen LogP contribution >= 0.6 is 23.2 Å². The average molecular weight is 514 g/mol. The molecule has 0 atom stereocenters. The van der Waals surface area contributed by atoms with Crippen molar-refractivity contribution in [2.75, 3.05) is 31.6 Å². The van der Waals surface area contributed by atoms with E-state index in [4.69, 9.17) is 27.9 Å². The molecule has 6 nitrogen and oxygen atoms in total. The number of hydrogen-bond acceptors (Lipinski definition) is 4. The van der Waals surface area contributed by atoms with Crippen LogP contribution in [0.2, 0.25) is 10.0 Å². The molecule has 0 saturated carbocycles. The van der Waals surface area contributed by atoms with E-state index in [2.05, 4.69) is 4.98 Å².